The van der Waals surface area contributed by atoms with Crippen LogP contribution in [0.25, 0.3) is 0 Å². The van der Waals surface area contributed by atoms with E-state index >= 15 is 0 Å². The minimum atomic E-state index is -0.493. The third kappa shape index (κ3) is 4.48. The molecule has 2 atom stereocenters. The average Bonchev–Trinajstić information content (AvgIpc) is 2.67. The minimum Gasteiger partial charge on any atom is -0.497 e. The average molecular weight is 372 g/mol. The molecule has 1 N–H and O–H groups in total. The quantitative estimate of drug-likeness (QED) is 0.838. The summed E-state index contributed by atoms with van der Waals surface area (Å²) >= 11 is 0. The topological polar surface area (TPSA) is 57.7 Å². The number of rotatable bonds is 4. The molecule has 0 bridgehead atoms. The van der Waals surface area contributed by atoms with Crippen LogP contribution in [0.2, 0.25) is 0 Å². The van der Waals surface area contributed by atoms with Crippen molar-refractivity contribution in [2.45, 2.75) is 25.9 Å². The molecule has 0 spiro atoms. The molecule has 2 amide bonds. The Bertz CT molecular complexity index is 801. The highest BCUT2D eigenvalue weighted by Gasteiger charge is 2.28. The fourth-order valence-electron chi connectivity index (χ4n) is 3.35. The zero-order valence-electron chi connectivity index (χ0n) is 15.9. The van der Waals surface area contributed by atoms with Crippen LogP contribution in [-0.4, -0.2) is 48.7 Å². The molecule has 6 nitrogen and oxygen atoms in total. The van der Waals surface area contributed by atoms with Crippen molar-refractivity contribution >= 4 is 11.7 Å². The van der Waals surface area contributed by atoms with Gasteiger partial charge in [-0.1, -0.05) is 12.1 Å². The molecule has 0 aliphatic carbocycles. The molecule has 2 aromatic rings. The van der Waals surface area contributed by atoms with Crippen molar-refractivity contribution < 1.29 is 13.9 Å². The van der Waals surface area contributed by atoms with Gasteiger partial charge in [0.15, 0.2) is 0 Å². The molecule has 2 heterocycles. The van der Waals surface area contributed by atoms with Crippen LogP contribution in [0.15, 0.2) is 42.6 Å². The maximum Gasteiger partial charge on any atom is 0.318 e. The van der Waals surface area contributed by atoms with Crippen molar-refractivity contribution in [1.82, 2.24) is 15.2 Å². The Morgan fingerprint density at radius 1 is 1.33 bits per heavy atom. The normalized spacial score (nSPS) is 18.1. The number of carbonyl (C=O) groups excluding carboxylic acids is 1. The highest BCUT2D eigenvalue weighted by molar-refractivity contribution is 5.75. The Hall–Kier alpha value is -2.83. The van der Waals surface area contributed by atoms with E-state index in [1.54, 1.807) is 13.2 Å². The van der Waals surface area contributed by atoms with Gasteiger partial charge < -0.3 is 19.9 Å². The number of hydrogen-bond acceptors (Lipinski definition) is 4. The van der Waals surface area contributed by atoms with E-state index in [-0.39, 0.29) is 18.1 Å². The van der Waals surface area contributed by atoms with Gasteiger partial charge in [0.05, 0.1) is 13.2 Å². The summed E-state index contributed by atoms with van der Waals surface area (Å²) in [5.74, 6) is 0.271. The molecule has 1 saturated heterocycles. The zero-order valence-corrected chi connectivity index (χ0v) is 15.9. The van der Waals surface area contributed by atoms with Gasteiger partial charge in [0.2, 0.25) is 5.95 Å². The number of amides is 2. The number of nitrogens with one attached hydrogen (secondary N) is 1. The number of halogens is 1. The van der Waals surface area contributed by atoms with Crippen molar-refractivity contribution in [1.29, 1.82) is 0 Å². The van der Waals surface area contributed by atoms with Gasteiger partial charge >= 0.3 is 6.03 Å². The molecule has 0 radical (unpaired) electrons. The van der Waals surface area contributed by atoms with Gasteiger partial charge in [0.25, 0.3) is 0 Å². The molecule has 1 aliphatic heterocycles. The standard InChI is InChI=1S/C20H25FN4O2/c1-14-13-24(17-7-8-22-19(21)12-17)9-10-25(14)20(26)23-15(2)16-5-4-6-18(11-16)27-3/h4-8,11-12,14-15H,9-10,13H2,1-3H3,(H,23,26)/t14-,15?/m1/s1. The number of carbonyl (C=O) groups is 1. The smallest absolute Gasteiger partial charge is 0.318 e. The minimum absolute atomic E-state index is 0.00693. The highest BCUT2D eigenvalue weighted by atomic mass is 19.1. The number of methoxy groups -OCH3 is 1. The SMILES string of the molecule is COc1cccc(C(C)NC(=O)N2CCN(c3ccnc(F)c3)C[C@H]2C)c1. The van der Waals surface area contributed by atoms with Crippen LogP contribution in [0.4, 0.5) is 14.9 Å². The van der Waals surface area contributed by atoms with Crippen molar-refractivity contribution in [2.75, 3.05) is 31.6 Å². The van der Waals surface area contributed by atoms with Crippen LogP contribution in [-0.2, 0) is 0 Å². The van der Waals surface area contributed by atoms with E-state index < -0.39 is 5.95 Å². The summed E-state index contributed by atoms with van der Waals surface area (Å²) in [5, 5.41) is 3.05. The van der Waals surface area contributed by atoms with Gasteiger partial charge in [-0.2, -0.15) is 4.39 Å². The third-order valence-corrected chi connectivity index (χ3v) is 4.90. The maximum absolute atomic E-state index is 13.4. The Balaban J connectivity index is 1.61. The van der Waals surface area contributed by atoms with E-state index in [9.17, 15) is 9.18 Å². The first-order valence-electron chi connectivity index (χ1n) is 9.05. The predicted molar refractivity (Wildman–Crippen MR) is 103 cm³/mol. The molecule has 0 saturated carbocycles. The fraction of sp³-hybridized carbons (Fsp3) is 0.400. The Morgan fingerprint density at radius 3 is 2.85 bits per heavy atom. The van der Waals surface area contributed by atoms with E-state index in [4.69, 9.17) is 4.74 Å². The lowest BCUT2D eigenvalue weighted by Gasteiger charge is -2.41. The molecule has 3 rings (SSSR count). The van der Waals surface area contributed by atoms with E-state index in [1.165, 1.54) is 12.3 Å². The summed E-state index contributed by atoms with van der Waals surface area (Å²) in [5.41, 5.74) is 1.78. The van der Waals surface area contributed by atoms with E-state index in [1.807, 2.05) is 43.0 Å². The summed E-state index contributed by atoms with van der Waals surface area (Å²) in [6, 6.07) is 10.7. The van der Waals surface area contributed by atoms with E-state index in [2.05, 4.69) is 15.2 Å². The first-order valence-corrected chi connectivity index (χ1v) is 9.05. The number of nitrogens with zero attached hydrogens (tertiary/aromatic N) is 3. The number of urea groups is 1. The molecule has 27 heavy (non-hydrogen) atoms. The van der Waals surface area contributed by atoms with Gasteiger partial charge in [-0.15, -0.1) is 0 Å². The Kier molecular flexibility index (Phi) is 5.78. The molecule has 7 heteroatoms. The lowest BCUT2D eigenvalue weighted by molar-refractivity contribution is 0.168. The van der Waals surface area contributed by atoms with Crippen LogP contribution < -0.4 is 15.0 Å². The molecule has 144 valence electrons. The lowest BCUT2D eigenvalue weighted by Crippen LogP contribution is -2.56. The first-order chi connectivity index (χ1) is 13.0. The van der Waals surface area contributed by atoms with Gasteiger partial charge in [-0.25, -0.2) is 9.78 Å². The molecule has 1 aliphatic rings. The Morgan fingerprint density at radius 2 is 2.15 bits per heavy atom. The number of piperazine rings is 1. The van der Waals surface area contributed by atoms with E-state index in [0.29, 0.717) is 19.6 Å². The molecule has 1 fully saturated rings. The molecule has 1 aromatic heterocycles. The van der Waals surface area contributed by atoms with Crippen molar-refractivity contribution in [3.63, 3.8) is 0 Å². The first kappa shape index (κ1) is 18.9. The van der Waals surface area contributed by atoms with Crippen molar-refractivity contribution in [3.05, 3.63) is 54.1 Å². The summed E-state index contributed by atoms with van der Waals surface area (Å²) < 4.78 is 18.6. The molecular formula is C20H25FN4O2. The fourth-order valence-corrected chi connectivity index (χ4v) is 3.35. The largest absolute Gasteiger partial charge is 0.497 e. The molecule has 1 aromatic carbocycles. The summed E-state index contributed by atoms with van der Waals surface area (Å²) in [4.78, 5) is 20.2. The van der Waals surface area contributed by atoms with Gasteiger partial charge in [0.1, 0.15) is 5.75 Å². The second kappa shape index (κ2) is 8.24. The highest BCUT2D eigenvalue weighted by Crippen LogP contribution is 2.21. The van der Waals surface area contributed by atoms with Crippen LogP contribution in [0.3, 0.4) is 0 Å². The second-order valence-corrected chi connectivity index (χ2v) is 6.77. The number of pyridine rings is 1. The summed E-state index contributed by atoms with van der Waals surface area (Å²) in [6.07, 6.45) is 1.46. The zero-order chi connectivity index (χ0) is 19.4. The third-order valence-electron chi connectivity index (χ3n) is 4.90. The lowest BCUT2D eigenvalue weighted by atomic mass is 10.1. The van der Waals surface area contributed by atoms with Gasteiger partial charge in [0, 0.05) is 43.6 Å². The Labute approximate surface area is 158 Å². The number of anilines is 1. The van der Waals surface area contributed by atoms with Crippen molar-refractivity contribution in [2.24, 2.45) is 0 Å². The predicted octanol–water partition coefficient (Wildman–Crippen LogP) is 3.21. The maximum atomic E-state index is 13.4. The number of benzene rings is 1. The van der Waals surface area contributed by atoms with Crippen LogP contribution in [0.1, 0.15) is 25.5 Å². The van der Waals surface area contributed by atoms with Crippen molar-refractivity contribution in [3.8, 4) is 5.75 Å². The van der Waals surface area contributed by atoms with Crippen LogP contribution in [0.5, 0.6) is 5.75 Å². The second-order valence-electron chi connectivity index (χ2n) is 6.77. The summed E-state index contributed by atoms with van der Waals surface area (Å²) in [7, 11) is 1.62. The van der Waals surface area contributed by atoms with E-state index in [0.717, 1.165) is 17.0 Å². The monoisotopic (exact) mass is 372 g/mol. The van der Waals surface area contributed by atoms with Crippen LogP contribution >= 0.6 is 0 Å². The van der Waals surface area contributed by atoms with Gasteiger partial charge in [-0.05, 0) is 37.6 Å². The number of aromatic nitrogens is 1. The molecular weight excluding hydrogens is 347 g/mol. The van der Waals surface area contributed by atoms with Gasteiger partial charge in [-0.3, -0.25) is 0 Å². The number of hydrogen-bond donors (Lipinski definition) is 1. The number of ether oxygens (including phenoxy) is 1. The van der Waals surface area contributed by atoms with Crippen LogP contribution in [0, 0.1) is 5.95 Å². The summed E-state index contributed by atoms with van der Waals surface area (Å²) in [6.45, 7) is 5.81. The molecule has 1 unspecified atom stereocenters.